The number of nitrogens with two attached hydrogens (primary N) is 1. The summed E-state index contributed by atoms with van der Waals surface area (Å²) < 4.78 is 12.5. The molecule has 0 saturated carbocycles. The maximum Gasteiger partial charge on any atom is 0.327 e. The number of benzene rings is 1. The first-order chi connectivity index (χ1) is 19.4. The fourth-order valence-electron chi connectivity index (χ4n) is 5.08. The van der Waals surface area contributed by atoms with Gasteiger partial charge in [-0.3, -0.25) is 19.2 Å². The summed E-state index contributed by atoms with van der Waals surface area (Å²) in [4.78, 5) is 40.3. The van der Waals surface area contributed by atoms with Crippen LogP contribution < -0.4 is 20.9 Å². The summed E-state index contributed by atoms with van der Waals surface area (Å²) in [5, 5.41) is 9.08. The third kappa shape index (κ3) is 7.58. The molecule has 0 aliphatic carbocycles. The number of aromatic nitrogens is 4. The third-order valence-electron chi connectivity index (χ3n) is 7.10. The second-order valence-electron chi connectivity index (χ2n) is 10.1. The second kappa shape index (κ2) is 13.9. The molecule has 2 aromatic heterocycles. The molecule has 0 amide bonds. The molecule has 0 spiro atoms. The van der Waals surface area contributed by atoms with Crippen molar-refractivity contribution >= 4 is 23.0 Å². The van der Waals surface area contributed by atoms with E-state index in [2.05, 4.69) is 37.7 Å². The Morgan fingerprint density at radius 2 is 2.08 bits per heavy atom. The van der Waals surface area contributed by atoms with Gasteiger partial charge < -0.3 is 20.2 Å². The van der Waals surface area contributed by atoms with Gasteiger partial charge in [-0.25, -0.2) is 4.79 Å². The standard InChI is InChI=1S/C28H38N8O4/c1-3-4-17-39-27-32-25(30)24-26(33-27)36(28(38)31-24)13-6-12-35(22-9-14-34(15-10-22)16-11-29)19-21-7-5-8-23(18-21)40-20(2)37/h5,7-8,18,22H,3-4,6,9-10,12-17,19H2,1-2H3,(H,31,38)(H2,30,32,33). The number of ether oxygens (including phenoxy) is 2. The number of esters is 1. The minimum absolute atomic E-state index is 0.171. The summed E-state index contributed by atoms with van der Waals surface area (Å²) in [5.74, 6) is 0.352. The van der Waals surface area contributed by atoms with Gasteiger partial charge in [-0.15, -0.1) is 0 Å². The average molecular weight is 551 g/mol. The van der Waals surface area contributed by atoms with E-state index in [0.717, 1.165) is 50.9 Å². The number of hydrogen-bond acceptors (Lipinski definition) is 10. The average Bonchev–Trinajstić information content (AvgIpc) is 3.24. The van der Waals surface area contributed by atoms with E-state index in [1.807, 2.05) is 18.2 Å². The van der Waals surface area contributed by atoms with Crippen molar-refractivity contribution in [2.45, 2.75) is 65.1 Å². The molecule has 1 aromatic carbocycles. The summed E-state index contributed by atoms with van der Waals surface area (Å²) >= 11 is 0. The number of nitrogens with zero attached hydrogens (tertiary/aromatic N) is 6. The Kier molecular flexibility index (Phi) is 10.1. The Morgan fingerprint density at radius 3 is 2.80 bits per heavy atom. The van der Waals surface area contributed by atoms with Crippen molar-refractivity contribution in [3.8, 4) is 17.8 Å². The van der Waals surface area contributed by atoms with Crippen molar-refractivity contribution in [2.24, 2.45) is 0 Å². The van der Waals surface area contributed by atoms with Gasteiger partial charge in [0, 0.05) is 45.7 Å². The molecule has 40 heavy (non-hydrogen) atoms. The molecule has 0 atom stereocenters. The Labute approximate surface area is 233 Å². The topological polar surface area (TPSA) is 155 Å². The Balaban J connectivity index is 1.49. The number of nitrogen functional groups attached to an aromatic ring is 1. The van der Waals surface area contributed by atoms with Crippen LogP contribution in [0.25, 0.3) is 11.2 Å². The highest BCUT2D eigenvalue weighted by Gasteiger charge is 2.25. The molecule has 12 nitrogen and oxygen atoms in total. The number of imidazole rings is 1. The zero-order chi connectivity index (χ0) is 28.5. The number of H-pyrrole nitrogens is 1. The number of aryl methyl sites for hydroxylation is 1. The molecule has 1 saturated heterocycles. The molecule has 3 aromatic rings. The van der Waals surface area contributed by atoms with E-state index in [9.17, 15) is 9.59 Å². The van der Waals surface area contributed by atoms with E-state index >= 15 is 0 Å². The number of aromatic amines is 1. The maximum absolute atomic E-state index is 12.8. The zero-order valence-electron chi connectivity index (χ0n) is 23.3. The predicted molar refractivity (Wildman–Crippen MR) is 151 cm³/mol. The molecular weight excluding hydrogens is 512 g/mol. The van der Waals surface area contributed by atoms with Crippen LogP contribution in [0.5, 0.6) is 11.8 Å². The lowest BCUT2D eigenvalue weighted by Crippen LogP contribution is -2.45. The first-order valence-corrected chi connectivity index (χ1v) is 13.9. The lowest BCUT2D eigenvalue weighted by molar-refractivity contribution is -0.131. The summed E-state index contributed by atoms with van der Waals surface area (Å²) in [7, 11) is 0. The van der Waals surface area contributed by atoms with Gasteiger partial charge >= 0.3 is 17.7 Å². The monoisotopic (exact) mass is 550 g/mol. The summed E-state index contributed by atoms with van der Waals surface area (Å²) in [6.45, 7) is 7.96. The van der Waals surface area contributed by atoms with Gasteiger partial charge in [0.05, 0.1) is 19.2 Å². The lowest BCUT2D eigenvalue weighted by Gasteiger charge is -2.38. The SMILES string of the molecule is CCCCOc1nc(N)c2[nH]c(=O)n(CCCN(Cc3cccc(OC(C)=O)c3)C3CCN(CC#N)CC3)c2n1. The Morgan fingerprint density at radius 1 is 1.27 bits per heavy atom. The molecular formula is C28H38N8O4. The molecule has 3 N–H and O–H groups in total. The minimum atomic E-state index is -0.355. The summed E-state index contributed by atoms with van der Waals surface area (Å²) in [6.07, 6.45) is 4.44. The number of nitriles is 1. The van der Waals surface area contributed by atoms with E-state index in [1.165, 1.54) is 6.92 Å². The van der Waals surface area contributed by atoms with Crippen LogP contribution in [0.3, 0.4) is 0 Å². The maximum atomic E-state index is 12.8. The van der Waals surface area contributed by atoms with Crippen LogP contribution >= 0.6 is 0 Å². The number of carbonyl (C=O) groups excluding carboxylic acids is 1. The smallest absolute Gasteiger partial charge is 0.327 e. The minimum Gasteiger partial charge on any atom is -0.463 e. The highest BCUT2D eigenvalue weighted by molar-refractivity contribution is 5.81. The fraction of sp³-hybridized carbons (Fsp3) is 0.536. The van der Waals surface area contributed by atoms with E-state index in [1.54, 1.807) is 10.6 Å². The van der Waals surface area contributed by atoms with Gasteiger partial charge in [0.1, 0.15) is 11.3 Å². The molecule has 1 aliphatic heterocycles. The van der Waals surface area contributed by atoms with Crippen LogP contribution in [-0.4, -0.2) is 74.1 Å². The molecule has 0 radical (unpaired) electrons. The lowest BCUT2D eigenvalue weighted by atomic mass is 10.0. The predicted octanol–water partition coefficient (Wildman–Crippen LogP) is 2.69. The Bertz CT molecular complexity index is 1390. The first kappa shape index (κ1) is 29.0. The number of likely N-dealkylation sites (tertiary alicyclic amines) is 1. The molecule has 3 heterocycles. The summed E-state index contributed by atoms with van der Waals surface area (Å²) in [6, 6.07) is 10.3. The number of unbranched alkanes of at least 4 members (excludes halogenated alkanes) is 1. The largest absolute Gasteiger partial charge is 0.463 e. The number of fused-ring (bicyclic) bond motifs is 1. The molecule has 4 rings (SSSR count). The van der Waals surface area contributed by atoms with E-state index in [-0.39, 0.29) is 23.5 Å². The van der Waals surface area contributed by atoms with Crippen molar-refractivity contribution in [3.05, 3.63) is 40.3 Å². The van der Waals surface area contributed by atoms with E-state index in [0.29, 0.717) is 55.6 Å². The zero-order valence-corrected chi connectivity index (χ0v) is 23.3. The molecule has 1 aliphatic rings. The molecule has 214 valence electrons. The number of hydrogen-bond donors (Lipinski definition) is 2. The van der Waals surface area contributed by atoms with Crippen molar-refractivity contribution in [1.82, 2.24) is 29.3 Å². The van der Waals surface area contributed by atoms with Crippen LogP contribution in [-0.2, 0) is 17.9 Å². The van der Waals surface area contributed by atoms with Crippen LogP contribution in [0.2, 0.25) is 0 Å². The van der Waals surface area contributed by atoms with Crippen LogP contribution in [0.15, 0.2) is 29.1 Å². The van der Waals surface area contributed by atoms with Gasteiger partial charge in [0.15, 0.2) is 11.5 Å². The first-order valence-electron chi connectivity index (χ1n) is 13.9. The number of nitrogens with one attached hydrogen (secondary N) is 1. The van der Waals surface area contributed by atoms with E-state index in [4.69, 9.17) is 20.5 Å². The fourth-order valence-corrected chi connectivity index (χ4v) is 5.08. The third-order valence-corrected chi connectivity index (χ3v) is 7.10. The summed E-state index contributed by atoms with van der Waals surface area (Å²) in [5.41, 5.74) is 7.71. The van der Waals surface area contributed by atoms with Crippen molar-refractivity contribution in [1.29, 1.82) is 5.26 Å². The highest BCUT2D eigenvalue weighted by atomic mass is 16.5. The van der Waals surface area contributed by atoms with Crippen molar-refractivity contribution in [2.75, 3.05) is 38.5 Å². The number of anilines is 1. The van der Waals surface area contributed by atoms with Gasteiger partial charge in [-0.05, 0) is 43.4 Å². The Hall–Kier alpha value is -3.95. The van der Waals surface area contributed by atoms with Gasteiger partial charge in [0.2, 0.25) is 0 Å². The molecule has 1 fully saturated rings. The van der Waals surface area contributed by atoms with Crippen LogP contribution in [0.1, 0.15) is 51.5 Å². The van der Waals surface area contributed by atoms with Gasteiger partial charge in [-0.2, -0.15) is 15.2 Å². The van der Waals surface area contributed by atoms with Crippen molar-refractivity contribution < 1.29 is 14.3 Å². The molecule has 0 bridgehead atoms. The van der Waals surface area contributed by atoms with E-state index < -0.39 is 0 Å². The van der Waals surface area contributed by atoms with Crippen LogP contribution in [0.4, 0.5) is 5.82 Å². The number of rotatable bonds is 13. The quantitative estimate of drug-likeness (QED) is 0.140. The van der Waals surface area contributed by atoms with Crippen molar-refractivity contribution in [3.63, 3.8) is 0 Å². The second-order valence-corrected chi connectivity index (χ2v) is 10.1. The number of carbonyl (C=O) groups is 1. The highest BCUT2D eigenvalue weighted by Crippen LogP contribution is 2.23. The van der Waals surface area contributed by atoms with Gasteiger partial charge in [0.25, 0.3) is 0 Å². The van der Waals surface area contributed by atoms with Gasteiger partial charge in [-0.1, -0.05) is 25.5 Å². The molecule has 12 heteroatoms. The van der Waals surface area contributed by atoms with Crippen LogP contribution in [0, 0.1) is 11.3 Å². The number of piperidine rings is 1. The molecule has 0 unspecified atom stereocenters. The normalized spacial score (nSPS) is 14.4.